The predicted octanol–water partition coefficient (Wildman–Crippen LogP) is 1.04. The number of benzene rings is 1. The fourth-order valence-electron chi connectivity index (χ4n) is 2.90. The zero-order valence-corrected chi connectivity index (χ0v) is 14.2. The number of nitrogens with one attached hydrogen (secondary N) is 2. The van der Waals surface area contributed by atoms with Gasteiger partial charge in [-0.15, -0.1) is 0 Å². The Morgan fingerprint density at radius 3 is 2.76 bits per heavy atom. The third kappa shape index (κ3) is 3.86. The van der Waals surface area contributed by atoms with E-state index in [0.29, 0.717) is 25.6 Å². The molecule has 7 nitrogen and oxygen atoms in total. The van der Waals surface area contributed by atoms with Crippen molar-refractivity contribution in [3.05, 3.63) is 42.0 Å². The van der Waals surface area contributed by atoms with Gasteiger partial charge in [0.25, 0.3) is 0 Å². The van der Waals surface area contributed by atoms with Gasteiger partial charge in [0.05, 0.1) is 6.54 Å². The minimum absolute atomic E-state index is 0.0360. The quantitative estimate of drug-likeness (QED) is 0.638. The zero-order valence-electron chi connectivity index (χ0n) is 14.2. The van der Waals surface area contributed by atoms with Crippen molar-refractivity contribution in [3.8, 4) is 0 Å². The molecule has 1 fully saturated rings. The molecule has 0 amide bonds. The van der Waals surface area contributed by atoms with Crippen LogP contribution in [0, 0.1) is 11.6 Å². The molecule has 1 aliphatic rings. The molecule has 25 heavy (non-hydrogen) atoms. The van der Waals surface area contributed by atoms with Crippen molar-refractivity contribution in [1.82, 2.24) is 25.4 Å². The molecule has 2 heterocycles. The number of aliphatic imine (C=N–C) groups is 1. The van der Waals surface area contributed by atoms with Crippen LogP contribution in [0.15, 0.2) is 29.5 Å². The zero-order chi connectivity index (χ0) is 17.8. The van der Waals surface area contributed by atoms with Crippen LogP contribution in [0.3, 0.4) is 0 Å². The van der Waals surface area contributed by atoms with Gasteiger partial charge in [-0.3, -0.25) is 9.67 Å². The second-order valence-corrected chi connectivity index (χ2v) is 5.87. The molecule has 0 radical (unpaired) electrons. The molecule has 1 atom stereocenters. The molecule has 9 heteroatoms. The van der Waals surface area contributed by atoms with E-state index in [9.17, 15) is 8.78 Å². The fourth-order valence-corrected chi connectivity index (χ4v) is 2.90. The molecule has 3 rings (SSSR count). The van der Waals surface area contributed by atoms with Crippen molar-refractivity contribution in [2.75, 3.05) is 25.0 Å². The Morgan fingerprint density at radius 2 is 2.12 bits per heavy atom. The number of hydrogen-bond acceptors (Lipinski definition) is 4. The average Bonchev–Trinajstić information content (AvgIpc) is 3.20. The van der Waals surface area contributed by atoms with Crippen LogP contribution in [-0.4, -0.2) is 46.9 Å². The summed E-state index contributed by atoms with van der Waals surface area (Å²) in [6.45, 7) is 1.56. The second-order valence-electron chi connectivity index (χ2n) is 5.87. The molecular weight excluding hydrogens is 328 g/mol. The lowest BCUT2D eigenvalue weighted by Crippen LogP contribution is -2.44. The minimum atomic E-state index is -0.537. The number of rotatable bonds is 4. The number of nitrogens with zero attached hydrogens (tertiary/aromatic N) is 5. The van der Waals surface area contributed by atoms with E-state index < -0.39 is 11.6 Å². The molecule has 1 aromatic carbocycles. The summed E-state index contributed by atoms with van der Waals surface area (Å²) in [6, 6.07) is 3.98. The summed E-state index contributed by atoms with van der Waals surface area (Å²) in [4.78, 5) is 10.0. The van der Waals surface area contributed by atoms with Crippen molar-refractivity contribution < 1.29 is 8.78 Å². The van der Waals surface area contributed by atoms with E-state index in [2.05, 4.69) is 25.7 Å². The summed E-state index contributed by atoms with van der Waals surface area (Å²) in [5.74, 6) is 0.323. The summed E-state index contributed by atoms with van der Waals surface area (Å²) in [5, 5.41) is 10.5. The number of anilines is 1. The Balaban J connectivity index is 1.57. The van der Waals surface area contributed by atoms with Crippen LogP contribution >= 0.6 is 0 Å². The summed E-state index contributed by atoms with van der Waals surface area (Å²) in [7, 11) is 3.49. The number of hydrogen-bond donors (Lipinski definition) is 2. The summed E-state index contributed by atoms with van der Waals surface area (Å²) >= 11 is 0. The van der Waals surface area contributed by atoms with Gasteiger partial charge in [0.1, 0.15) is 29.5 Å². The first-order chi connectivity index (χ1) is 12.1. The molecular formula is C16H21F2N7. The highest BCUT2D eigenvalue weighted by molar-refractivity contribution is 5.80. The van der Waals surface area contributed by atoms with E-state index in [-0.39, 0.29) is 11.7 Å². The lowest BCUT2D eigenvalue weighted by molar-refractivity contribution is 0.575. The third-order valence-electron chi connectivity index (χ3n) is 4.23. The van der Waals surface area contributed by atoms with Gasteiger partial charge in [-0.1, -0.05) is 6.07 Å². The van der Waals surface area contributed by atoms with Gasteiger partial charge in [0.2, 0.25) is 0 Å². The highest BCUT2D eigenvalue weighted by Gasteiger charge is 2.27. The highest BCUT2D eigenvalue weighted by Crippen LogP contribution is 2.26. The number of halogens is 2. The monoisotopic (exact) mass is 349 g/mol. The van der Waals surface area contributed by atoms with Crippen molar-refractivity contribution in [2.45, 2.75) is 19.0 Å². The van der Waals surface area contributed by atoms with E-state index in [1.165, 1.54) is 24.5 Å². The molecule has 0 bridgehead atoms. The van der Waals surface area contributed by atoms with Crippen molar-refractivity contribution in [3.63, 3.8) is 0 Å². The summed E-state index contributed by atoms with van der Waals surface area (Å²) in [5.41, 5.74) is 0.0360. The standard InChI is InChI=1S/C16H21F2N7/c1-19-16(20-8-14-21-10-22-24(14)2)23-11-6-7-25(9-11)15-12(17)4-3-5-13(15)18/h3-5,10-11H,6-9H2,1-2H3,(H2,19,20,23). The number of aryl methyl sites for hydroxylation is 1. The smallest absolute Gasteiger partial charge is 0.191 e. The van der Waals surface area contributed by atoms with Crippen LogP contribution in [0.4, 0.5) is 14.5 Å². The Labute approximate surface area is 144 Å². The van der Waals surface area contributed by atoms with Crippen molar-refractivity contribution >= 4 is 11.6 Å². The maximum absolute atomic E-state index is 13.9. The molecule has 1 aliphatic heterocycles. The van der Waals surface area contributed by atoms with Crippen molar-refractivity contribution in [1.29, 1.82) is 0 Å². The van der Waals surface area contributed by atoms with Gasteiger partial charge in [-0.2, -0.15) is 5.10 Å². The Kier molecular flexibility index (Phi) is 5.11. The molecule has 1 saturated heterocycles. The van der Waals surface area contributed by atoms with E-state index in [1.54, 1.807) is 16.6 Å². The maximum Gasteiger partial charge on any atom is 0.191 e. The Hall–Kier alpha value is -2.71. The van der Waals surface area contributed by atoms with Gasteiger partial charge >= 0.3 is 0 Å². The van der Waals surface area contributed by atoms with Gasteiger partial charge in [0.15, 0.2) is 5.96 Å². The van der Waals surface area contributed by atoms with E-state index in [0.717, 1.165) is 12.2 Å². The van der Waals surface area contributed by atoms with Gasteiger partial charge < -0.3 is 15.5 Å². The van der Waals surface area contributed by atoms with Crippen LogP contribution in [0.1, 0.15) is 12.2 Å². The maximum atomic E-state index is 13.9. The minimum Gasteiger partial charge on any atom is -0.365 e. The highest BCUT2D eigenvalue weighted by atomic mass is 19.1. The first-order valence-corrected chi connectivity index (χ1v) is 8.07. The van der Waals surface area contributed by atoms with Crippen LogP contribution in [0.5, 0.6) is 0 Å². The van der Waals surface area contributed by atoms with Gasteiger partial charge in [-0.25, -0.2) is 13.8 Å². The lowest BCUT2D eigenvalue weighted by Gasteiger charge is -2.21. The topological polar surface area (TPSA) is 70.4 Å². The molecule has 1 aromatic heterocycles. The summed E-state index contributed by atoms with van der Waals surface area (Å²) < 4.78 is 29.5. The molecule has 134 valence electrons. The number of aromatic nitrogens is 3. The number of guanidine groups is 1. The van der Waals surface area contributed by atoms with Crippen molar-refractivity contribution in [2.24, 2.45) is 12.0 Å². The molecule has 0 aliphatic carbocycles. The van der Waals surface area contributed by atoms with E-state index in [4.69, 9.17) is 0 Å². The van der Waals surface area contributed by atoms with E-state index in [1.807, 2.05) is 7.05 Å². The average molecular weight is 349 g/mol. The normalized spacial score (nSPS) is 17.8. The first kappa shape index (κ1) is 17.1. The molecule has 2 N–H and O–H groups in total. The SMILES string of the molecule is CN=C(NCc1ncnn1C)NC1CCN(c2c(F)cccc2F)C1. The summed E-state index contributed by atoms with van der Waals surface area (Å²) in [6.07, 6.45) is 2.25. The van der Waals surface area contributed by atoms with Crippen LogP contribution < -0.4 is 15.5 Å². The first-order valence-electron chi connectivity index (χ1n) is 8.07. The Morgan fingerprint density at radius 1 is 1.36 bits per heavy atom. The largest absolute Gasteiger partial charge is 0.365 e. The fraction of sp³-hybridized carbons (Fsp3) is 0.438. The second kappa shape index (κ2) is 7.45. The molecule has 1 unspecified atom stereocenters. The predicted molar refractivity (Wildman–Crippen MR) is 91.3 cm³/mol. The number of para-hydroxylation sites is 1. The van der Waals surface area contributed by atoms with Gasteiger partial charge in [0, 0.05) is 33.2 Å². The van der Waals surface area contributed by atoms with E-state index >= 15 is 0 Å². The van der Waals surface area contributed by atoms with Crippen LogP contribution in [-0.2, 0) is 13.6 Å². The third-order valence-corrected chi connectivity index (χ3v) is 4.23. The molecule has 0 spiro atoms. The molecule has 0 saturated carbocycles. The lowest BCUT2D eigenvalue weighted by atomic mass is 10.2. The van der Waals surface area contributed by atoms with Crippen LogP contribution in [0.2, 0.25) is 0 Å². The Bertz CT molecular complexity index is 738. The van der Waals surface area contributed by atoms with Crippen LogP contribution in [0.25, 0.3) is 0 Å². The molecule has 2 aromatic rings. The van der Waals surface area contributed by atoms with Gasteiger partial charge in [-0.05, 0) is 18.6 Å².